The molecule has 2 amide bonds. The summed E-state index contributed by atoms with van der Waals surface area (Å²) in [7, 11) is 3.48. The van der Waals surface area contributed by atoms with Crippen LogP contribution in [-0.2, 0) is 14.3 Å². The molecule has 0 N–H and O–H groups in total. The Morgan fingerprint density at radius 3 is 2.12 bits per heavy atom. The van der Waals surface area contributed by atoms with Crippen molar-refractivity contribution in [2.75, 3.05) is 14.1 Å². The fraction of sp³-hybridized carbons (Fsp3) is 0.727. The van der Waals surface area contributed by atoms with Crippen LogP contribution in [0.2, 0.25) is 0 Å². The summed E-state index contributed by atoms with van der Waals surface area (Å²) in [4.78, 5) is 27.3. The molecule has 17 heavy (non-hydrogen) atoms. The van der Waals surface area contributed by atoms with E-state index in [2.05, 4.69) is 0 Å². The molecule has 0 unspecified atom stereocenters. The van der Waals surface area contributed by atoms with E-state index in [1.165, 1.54) is 4.90 Å². The second-order valence-corrected chi connectivity index (χ2v) is 5.40. The Labute approximate surface area is 105 Å². The maximum absolute atomic E-state index is 12.2. The van der Waals surface area contributed by atoms with Crippen molar-refractivity contribution in [3.05, 3.63) is 0 Å². The van der Waals surface area contributed by atoms with Crippen molar-refractivity contribution in [2.24, 2.45) is 11.8 Å². The zero-order valence-corrected chi connectivity index (χ0v) is 10.6. The van der Waals surface area contributed by atoms with Crippen LogP contribution >= 0.6 is 12.2 Å². The van der Waals surface area contributed by atoms with Crippen molar-refractivity contribution in [3.8, 4) is 0 Å². The van der Waals surface area contributed by atoms with Crippen molar-refractivity contribution < 1.29 is 14.3 Å². The zero-order chi connectivity index (χ0) is 12.3. The first-order chi connectivity index (χ1) is 8.02. The summed E-state index contributed by atoms with van der Waals surface area (Å²) in [6, 6.07) is 0. The maximum atomic E-state index is 12.2. The monoisotopic (exact) mass is 254 g/mol. The zero-order valence-electron chi connectivity index (χ0n) is 9.75. The molecule has 0 spiro atoms. The van der Waals surface area contributed by atoms with Gasteiger partial charge in [0.1, 0.15) is 0 Å². The van der Waals surface area contributed by atoms with Crippen LogP contribution in [0.3, 0.4) is 0 Å². The number of rotatable bonds is 0. The van der Waals surface area contributed by atoms with Gasteiger partial charge in [0.15, 0.2) is 5.11 Å². The number of thiocarbonyl (C=S) groups is 1. The first kappa shape index (κ1) is 11.1. The lowest BCUT2D eigenvalue weighted by molar-refractivity contribution is -0.137. The Balaban J connectivity index is 1.93. The van der Waals surface area contributed by atoms with Gasteiger partial charge < -0.3 is 9.64 Å². The number of likely N-dealkylation sites (tertiary alicyclic amines) is 1. The predicted octanol–water partition coefficient (Wildman–Crippen LogP) is -0.00470. The van der Waals surface area contributed by atoms with Crippen LogP contribution in [0.15, 0.2) is 0 Å². The molecule has 0 radical (unpaired) electrons. The Morgan fingerprint density at radius 2 is 1.71 bits per heavy atom. The van der Waals surface area contributed by atoms with Gasteiger partial charge in [-0.2, -0.15) is 0 Å². The molecule has 92 valence electrons. The Kier molecular flexibility index (Phi) is 2.28. The summed E-state index contributed by atoms with van der Waals surface area (Å²) in [5, 5.41) is 0.286. The summed E-state index contributed by atoms with van der Waals surface area (Å²) in [5.74, 6) is -0.935. The number of hydrogen-bond acceptors (Lipinski definition) is 4. The van der Waals surface area contributed by atoms with Crippen LogP contribution in [0.1, 0.15) is 12.8 Å². The SMILES string of the molecule is CN(C)C(=S)N1C(=O)[C@@H]2[C@@H](C1=O)[C@@H]1CC[C@@H]2O1. The highest BCUT2D eigenvalue weighted by atomic mass is 32.1. The van der Waals surface area contributed by atoms with Gasteiger partial charge in [-0.3, -0.25) is 9.59 Å². The molecule has 3 aliphatic rings. The summed E-state index contributed by atoms with van der Waals surface area (Å²) in [6.45, 7) is 0. The highest BCUT2D eigenvalue weighted by Gasteiger charge is 2.63. The van der Waals surface area contributed by atoms with Crippen molar-refractivity contribution in [2.45, 2.75) is 25.0 Å². The molecule has 6 heteroatoms. The van der Waals surface area contributed by atoms with Gasteiger partial charge in [-0.1, -0.05) is 0 Å². The standard InChI is InChI=1S/C11H14N2O3S/c1-12(2)11(17)13-9(14)7-5-3-4-6(16-5)8(7)10(13)15/h5-8H,3-4H2,1-2H3/t5-,6-,7-,8-/m0/s1. The van der Waals surface area contributed by atoms with E-state index in [4.69, 9.17) is 17.0 Å². The van der Waals surface area contributed by atoms with Crippen LogP contribution in [-0.4, -0.2) is 53.0 Å². The molecule has 3 rings (SSSR count). The minimum absolute atomic E-state index is 0.0728. The van der Waals surface area contributed by atoms with Crippen LogP contribution in [0, 0.1) is 11.8 Å². The van der Waals surface area contributed by atoms with E-state index < -0.39 is 0 Å². The quantitative estimate of drug-likeness (QED) is 0.450. The first-order valence-corrected chi connectivity index (χ1v) is 6.17. The average Bonchev–Trinajstić information content (AvgIpc) is 2.92. The highest BCUT2D eigenvalue weighted by molar-refractivity contribution is 7.80. The van der Waals surface area contributed by atoms with Crippen molar-refractivity contribution in [1.82, 2.24) is 9.80 Å². The number of fused-ring (bicyclic) bond motifs is 5. The molecule has 0 aromatic carbocycles. The molecule has 2 bridgehead atoms. The highest BCUT2D eigenvalue weighted by Crippen LogP contribution is 2.48. The third kappa shape index (κ3) is 1.31. The van der Waals surface area contributed by atoms with Gasteiger partial charge in [-0.15, -0.1) is 0 Å². The molecular weight excluding hydrogens is 240 g/mol. The fourth-order valence-corrected chi connectivity index (χ4v) is 3.28. The van der Waals surface area contributed by atoms with Crippen molar-refractivity contribution in [1.29, 1.82) is 0 Å². The lowest BCUT2D eigenvalue weighted by atomic mass is 9.81. The molecule has 5 nitrogen and oxygen atoms in total. The lowest BCUT2D eigenvalue weighted by Gasteiger charge is -2.23. The van der Waals surface area contributed by atoms with E-state index in [1.54, 1.807) is 19.0 Å². The summed E-state index contributed by atoms with van der Waals surface area (Å²) in [6.07, 6.45) is 1.62. The van der Waals surface area contributed by atoms with Crippen LogP contribution in [0.4, 0.5) is 0 Å². The summed E-state index contributed by atoms with van der Waals surface area (Å²) in [5.41, 5.74) is 0. The average molecular weight is 254 g/mol. The van der Waals surface area contributed by atoms with Crippen LogP contribution in [0.25, 0.3) is 0 Å². The van der Waals surface area contributed by atoms with Gasteiger partial charge in [0, 0.05) is 14.1 Å². The molecular formula is C11H14N2O3S. The van der Waals surface area contributed by atoms with E-state index in [-0.39, 0.29) is 41.0 Å². The van der Waals surface area contributed by atoms with Gasteiger partial charge in [0.25, 0.3) is 0 Å². The van der Waals surface area contributed by atoms with E-state index in [0.717, 1.165) is 12.8 Å². The summed E-state index contributed by atoms with van der Waals surface area (Å²) < 4.78 is 5.64. The van der Waals surface area contributed by atoms with Gasteiger partial charge in [-0.25, -0.2) is 4.90 Å². The van der Waals surface area contributed by atoms with Gasteiger partial charge in [0.2, 0.25) is 11.8 Å². The summed E-state index contributed by atoms with van der Waals surface area (Å²) >= 11 is 5.14. The second-order valence-electron chi connectivity index (χ2n) is 5.03. The molecule has 0 aromatic heterocycles. The molecule has 0 aliphatic carbocycles. The van der Waals surface area contributed by atoms with Crippen molar-refractivity contribution in [3.63, 3.8) is 0 Å². The van der Waals surface area contributed by atoms with Crippen LogP contribution < -0.4 is 0 Å². The number of carbonyl (C=O) groups is 2. The molecule has 3 aliphatic heterocycles. The normalized spacial score (nSPS) is 38.8. The molecule has 4 atom stereocenters. The molecule has 3 heterocycles. The van der Waals surface area contributed by atoms with Crippen LogP contribution in [0.5, 0.6) is 0 Å². The topological polar surface area (TPSA) is 49.9 Å². The third-order valence-electron chi connectivity index (χ3n) is 3.86. The minimum atomic E-state index is -0.292. The molecule has 3 fully saturated rings. The molecule has 3 saturated heterocycles. The fourth-order valence-electron chi connectivity index (χ4n) is 3.10. The first-order valence-electron chi connectivity index (χ1n) is 5.77. The number of carbonyl (C=O) groups excluding carboxylic acids is 2. The van der Waals surface area contributed by atoms with E-state index in [0.29, 0.717) is 0 Å². The number of amides is 2. The molecule has 0 aromatic rings. The second kappa shape index (κ2) is 3.49. The van der Waals surface area contributed by atoms with Gasteiger partial charge in [-0.05, 0) is 25.1 Å². The third-order valence-corrected chi connectivity index (χ3v) is 4.41. The predicted molar refractivity (Wildman–Crippen MR) is 63.0 cm³/mol. The minimum Gasteiger partial charge on any atom is -0.373 e. The lowest BCUT2D eigenvalue weighted by Crippen LogP contribution is -2.44. The van der Waals surface area contributed by atoms with Gasteiger partial charge >= 0.3 is 0 Å². The number of hydrogen-bond donors (Lipinski definition) is 0. The van der Waals surface area contributed by atoms with E-state index in [9.17, 15) is 9.59 Å². The number of nitrogens with zero attached hydrogens (tertiary/aromatic N) is 2. The number of imide groups is 1. The number of ether oxygens (including phenoxy) is 1. The largest absolute Gasteiger partial charge is 0.373 e. The van der Waals surface area contributed by atoms with Gasteiger partial charge in [0.05, 0.1) is 24.0 Å². The van der Waals surface area contributed by atoms with Crippen molar-refractivity contribution >= 4 is 29.1 Å². The molecule has 0 saturated carbocycles. The smallest absolute Gasteiger partial charge is 0.242 e. The maximum Gasteiger partial charge on any atom is 0.242 e. The Hall–Kier alpha value is -1.01. The Morgan fingerprint density at radius 1 is 1.24 bits per heavy atom. The Bertz CT molecular complexity index is 395. The van der Waals surface area contributed by atoms with E-state index in [1.807, 2.05) is 0 Å². The van der Waals surface area contributed by atoms with E-state index >= 15 is 0 Å².